The fourth-order valence-electron chi connectivity index (χ4n) is 2.49. The maximum absolute atomic E-state index is 12.1. The molecule has 0 bridgehead atoms. The van der Waals surface area contributed by atoms with E-state index in [-0.39, 0.29) is 18.3 Å². The summed E-state index contributed by atoms with van der Waals surface area (Å²) < 4.78 is 0. The van der Waals surface area contributed by atoms with Gasteiger partial charge in [0, 0.05) is 18.7 Å². The molecule has 4 heteroatoms. The molecule has 0 fully saturated rings. The lowest BCUT2D eigenvalue weighted by Gasteiger charge is -2.09. The Bertz CT molecular complexity index is 421. The molecule has 0 saturated carbocycles. The first-order valence-electron chi connectivity index (χ1n) is 6.92. The number of nitrogens with one attached hydrogen (secondary N) is 2. The molecule has 2 N–H and O–H groups in total. The van der Waals surface area contributed by atoms with Gasteiger partial charge in [0.15, 0.2) is 0 Å². The van der Waals surface area contributed by atoms with E-state index in [1.165, 1.54) is 17.5 Å². The number of benzene rings is 1. The van der Waals surface area contributed by atoms with Gasteiger partial charge in [0.1, 0.15) is 0 Å². The fourth-order valence-corrected chi connectivity index (χ4v) is 2.49. The fraction of sp³-hybridized carbons (Fsp3) is 0.533. The first-order chi connectivity index (χ1) is 8.83. The summed E-state index contributed by atoms with van der Waals surface area (Å²) in [5, 5.41) is 6.27. The number of aryl methyl sites for hydroxylation is 1. The summed E-state index contributed by atoms with van der Waals surface area (Å²) in [6, 6.07) is 6.08. The highest BCUT2D eigenvalue weighted by molar-refractivity contribution is 5.96. The van der Waals surface area contributed by atoms with E-state index in [9.17, 15) is 4.79 Å². The van der Waals surface area contributed by atoms with Crippen LogP contribution in [0.3, 0.4) is 0 Å². The number of carbonyl (C=O) groups is 1. The van der Waals surface area contributed by atoms with E-state index in [0.29, 0.717) is 6.54 Å². The second kappa shape index (κ2) is 8.18. The van der Waals surface area contributed by atoms with Crippen LogP contribution in [0.4, 0.5) is 0 Å². The van der Waals surface area contributed by atoms with Gasteiger partial charge in [-0.05, 0) is 49.4 Å². The van der Waals surface area contributed by atoms with E-state index in [4.69, 9.17) is 0 Å². The zero-order valence-electron chi connectivity index (χ0n) is 11.5. The number of carbonyl (C=O) groups excluding carboxylic acids is 1. The minimum atomic E-state index is 0. The van der Waals surface area contributed by atoms with Gasteiger partial charge in [-0.2, -0.15) is 0 Å². The van der Waals surface area contributed by atoms with Crippen molar-refractivity contribution in [3.63, 3.8) is 0 Å². The van der Waals surface area contributed by atoms with Crippen molar-refractivity contribution >= 4 is 18.3 Å². The molecule has 106 valence electrons. The molecule has 0 spiro atoms. The van der Waals surface area contributed by atoms with Crippen LogP contribution in [-0.4, -0.2) is 25.5 Å². The zero-order chi connectivity index (χ0) is 12.8. The summed E-state index contributed by atoms with van der Waals surface area (Å²) in [6.45, 7) is 4.69. The van der Waals surface area contributed by atoms with Crippen molar-refractivity contribution in [1.82, 2.24) is 10.6 Å². The maximum Gasteiger partial charge on any atom is 0.251 e. The molecule has 2 rings (SSSR count). The Hall–Kier alpha value is -1.06. The van der Waals surface area contributed by atoms with Crippen molar-refractivity contribution < 1.29 is 4.79 Å². The molecule has 1 amide bonds. The molecule has 3 nitrogen and oxygen atoms in total. The van der Waals surface area contributed by atoms with E-state index in [1.54, 1.807) is 0 Å². The van der Waals surface area contributed by atoms with E-state index >= 15 is 0 Å². The van der Waals surface area contributed by atoms with Gasteiger partial charge in [0.2, 0.25) is 0 Å². The minimum absolute atomic E-state index is 0. The van der Waals surface area contributed by atoms with E-state index in [0.717, 1.165) is 37.9 Å². The summed E-state index contributed by atoms with van der Waals surface area (Å²) in [4.78, 5) is 12.1. The molecule has 0 unspecified atom stereocenters. The largest absolute Gasteiger partial charge is 0.351 e. The summed E-state index contributed by atoms with van der Waals surface area (Å²) in [5.41, 5.74) is 3.49. The molecule has 1 aliphatic carbocycles. The SMILES string of the molecule is CCCNCCNC(=O)c1cccc2c1CCC2.Cl. The van der Waals surface area contributed by atoms with E-state index in [2.05, 4.69) is 23.6 Å². The molecule has 1 aliphatic rings. The van der Waals surface area contributed by atoms with Gasteiger partial charge in [0.25, 0.3) is 5.91 Å². The third-order valence-corrected chi connectivity index (χ3v) is 3.40. The Morgan fingerprint density at radius 1 is 1.21 bits per heavy atom. The van der Waals surface area contributed by atoms with Gasteiger partial charge in [-0.15, -0.1) is 12.4 Å². The second-order valence-corrected chi connectivity index (χ2v) is 4.80. The lowest BCUT2D eigenvalue weighted by Crippen LogP contribution is -2.32. The molecular weight excluding hydrogens is 260 g/mol. The van der Waals surface area contributed by atoms with Crippen LogP contribution in [0.1, 0.15) is 41.3 Å². The number of rotatable bonds is 6. The lowest BCUT2D eigenvalue weighted by atomic mass is 10.0. The first kappa shape index (κ1) is 16.0. The Morgan fingerprint density at radius 2 is 2.05 bits per heavy atom. The summed E-state index contributed by atoms with van der Waals surface area (Å²) >= 11 is 0. The molecule has 0 aliphatic heterocycles. The molecule has 0 radical (unpaired) electrons. The van der Waals surface area contributed by atoms with Crippen molar-refractivity contribution in [3.05, 3.63) is 34.9 Å². The number of halogens is 1. The van der Waals surface area contributed by atoms with E-state index < -0.39 is 0 Å². The highest BCUT2D eigenvalue weighted by Gasteiger charge is 2.18. The van der Waals surface area contributed by atoms with E-state index in [1.807, 2.05) is 12.1 Å². The van der Waals surface area contributed by atoms with Gasteiger partial charge in [-0.25, -0.2) is 0 Å². The molecule has 0 atom stereocenters. The van der Waals surface area contributed by atoms with Crippen molar-refractivity contribution in [1.29, 1.82) is 0 Å². The lowest BCUT2D eigenvalue weighted by molar-refractivity contribution is 0.0953. The molecular formula is C15H23ClN2O. The van der Waals surface area contributed by atoms with Crippen molar-refractivity contribution in [2.24, 2.45) is 0 Å². The van der Waals surface area contributed by atoms with Gasteiger partial charge >= 0.3 is 0 Å². The Balaban J connectivity index is 0.00000180. The zero-order valence-corrected chi connectivity index (χ0v) is 12.3. The average molecular weight is 283 g/mol. The Morgan fingerprint density at radius 3 is 2.84 bits per heavy atom. The molecule has 19 heavy (non-hydrogen) atoms. The molecule has 0 aromatic heterocycles. The third-order valence-electron chi connectivity index (χ3n) is 3.40. The first-order valence-corrected chi connectivity index (χ1v) is 6.92. The van der Waals surface area contributed by atoms with Gasteiger partial charge < -0.3 is 10.6 Å². The predicted molar refractivity (Wildman–Crippen MR) is 81.2 cm³/mol. The predicted octanol–water partition coefficient (Wildman–Crippen LogP) is 2.33. The monoisotopic (exact) mass is 282 g/mol. The average Bonchev–Trinajstić information content (AvgIpc) is 2.86. The summed E-state index contributed by atoms with van der Waals surface area (Å²) in [6.07, 6.45) is 4.47. The Labute approximate surface area is 121 Å². The van der Waals surface area contributed by atoms with Crippen LogP contribution in [-0.2, 0) is 12.8 Å². The van der Waals surface area contributed by atoms with Crippen molar-refractivity contribution in [2.45, 2.75) is 32.6 Å². The third kappa shape index (κ3) is 4.22. The maximum atomic E-state index is 12.1. The topological polar surface area (TPSA) is 41.1 Å². The minimum Gasteiger partial charge on any atom is -0.351 e. The normalized spacial score (nSPS) is 12.7. The van der Waals surface area contributed by atoms with Crippen LogP contribution in [0.15, 0.2) is 18.2 Å². The van der Waals surface area contributed by atoms with Crippen LogP contribution in [0.5, 0.6) is 0 Å². The number of hydrogen-bond acceptors (Lipinski definition) is 2. The number of fused-ring (bicyclic) bond motifs is 1. The van der Waals surface area contributed by atoms with Gasteiger partial charge in [-0.1, -0.05) is 19.1 Å². The number of amides is 1. The van der Waals surface area contributed by atoms with Crippen LogP contribution in [0.25, 0.3) is 0 Å². The smallest absolute Gasteiger partial charge is 0.251 e. The Kier molecular flexibility index (Phi) is 6.89. The highest BCUT2D eigenvalue weighted by Crippen LogP contribution is 2.24. The van der Waals surface area contributed by atoms with Gasteiger partial charge in [-0.3, -0.25) is 4.79 Å². The number of hydrogen-bond donors (Lipinski definition) is 2. The van der Waals surface area contributed by atoms with Gasteiger partial charge in [0.05, 0.1) is 0 Å². The molecule has 1 aromatic rings. The van der Waals surface area contributed by atoms with Crippen LogP contribution >= 0.6 is 12.4 Å². The molecule has 1 aromatic carbocycles. The molecule has 0 heterocycles. The van der Waals surface area contributed by atoms with Crippen molar-refractivity contribution in [2.75, 3.05) is 19.6 Å². The second-order valence-electron chi connectivity index (χ2n) is 4.80. The van der Waals surface area contributed by atoms with Crippen LogP contribution in [0.2, 0.25) is 0 Å². The summed E-state index contributed by atoms with van der Waals surface area (Å²) in [5.74, 6) is 0.0760. The molecule has 0 saturated heterocycles. The quantitative estimate of drug-likeness (QED) is 0.787. The van der Waals surface area contributed by atoms with Crippen LogP contribution in [0, 0.1) is 0 Å². The standard InChI is InChI=1S/C15H22N2O.ClH/c1-2-9-16-10-11-17-15(18)14-8-4-6-12-5-3-7-13(12)14;/h4,6,8,16H,2-3,5,7,9-11H2,1H3,(H,17,18);1H. The van der Waals surface area contributed by atoms with Crippen molar-refractivity contribution in [3.8, 4) is 0 Å². The summed E-state index contributed by atoms with van der Waals surface area (Å²) in [7, 11) is 0. The van der Waals surface area contributed by atoms with Crippen LogP contribution < -0.4 is 10.6 Å². The highest BCUT2D eigenvalue weighted by atomic mass is 35.5.